The Labute approximate surface area is 147 Å². The maximum atomic E-state index is 5.14. The zero-order valence-electron chi connectivity index (χ0n) is 14.2. The number of halogens is 1. The van der Waals surface area contributed by atoms with Gasteiger partial charge in [0.2, 0.25) is 0 Å². The molecule has 0 spiro atoms. The van der Waals surface area contributed by atoms with Crippen molar-refractivity contribution in [1.82, 2.24) is 10.6 Å². The highest BCUT2D eigenvalue weighted by atomic mass is 79.9. The van der Waals surface area contributed by atoms with Crippen LogP contribution in [0.15, 0.2) is 33.7 Å². The van der Waals surface area contributed by atoms with Crippen molar-refractivity contribution in [1.29, 1.82) is 0 Å². The first-order valence-corrected chi connectivity index (χ1v) is 8.88. The maximum Gasteiger partial charge on any atom is 0.191 e. The Morgan fingerprint density at radius 3 is 2.83 bits per heavy atom. The standard InChI is InChI=1S/C17H27BrN4O/c1-13(12-23-3)21-17(19-2)20-10-14-8-9-22(11-14)16-6-4-15(18)5-7-16/h4-7,13-14H,8-12H2,1-3H3,(H2,19,20,21). The topological polar surface area (TPSA) is 48.9 Å². The molecule has 1 aromatic rings. The highest BCUT2D eigenvalue weighted by Crippen LogP contribution is 2.24. The first-order chi connectivity index (χ1) is 11.1. The number of guanidine groups is 1. The number of rotatable bonds is 6. The third kappa shape index (κ3) is 5.70. The lowest BCUT2D eigenvalue weighted by Crippen LogP contribution is -2.45. The molecule has 1 fully saturated rings. The normalized spacial score (nSPS) is 19.7. The van der Waals surface area contributed by atoms with Crippen LogP contribution in [0.2, 0.25) is 0 Å². The second-order valence-electron chi connectivity index (χ2n) is 6.03. The number of nitrogens with zero attached hydrogens (tertiary/aromatic N) is 2. The molecule has 1 heterocycles. The summed E-state index contributed by atoms with van der Waals surface area (Å²) < 4.78 is 6.27. The van der Waals surface area contributed by atoms with Gasteiger partial charge >= 0.3 is 0 Å². The summed E-state index contributed by atoms with van der Waals surface area (Å²) in [5, 5.41) is 6.77. The van der Waals surface area contributed by atoms with Crippen LogP contribution >= 0.6 is 15.9 Å². The van der Waals surface area contributed by atoms with E-state index >= 15 is 0 Å². The van der Waals surface area contributed by atoms with Crippen molar-refractivity contribution in [3.05, 3.63) is 28.7 Å². The molecule has 1 aliphatic rings. The average molecular weight is 383 g/mol. The predicted octanol–water partition coefficient (Wildman–Crippen LogP) is 2.48. The van der Waals surface area contributed by atoms with Crippen LogP contribution in [0.3, 0.4) is 0 Å². The molecule has 0 saturated carbocycles. The SMILES string of the molecule is CN=C(NCC1CCN(c2ccc(Br)cc2)C1)NC(C)COC. The van der Waals surface area contributed by atoms with Crippen LogP contribution in [-0.4, -0.2) is 52.4 Å². The summed E-state index contributed by atoms with van der Waals surface area (Å²) in [5.41, 5.74) is 1.30. The van der Waals surface area contributed by atoms with Gasteiger partial charge in [0.25, 0.3) is 0 Å². The summed E-state index contributed by atoms with van der Waals surface area (Å²) in [4.78, 5) is 6.73. The molecule has 2 atom stereocenters. The quantitative estimate of drug-likeness (QED) is 0.586. The van der Waals surface area contributed by atoms with Gasteiger partial charge in [0.15, 0.2) is 5.96 Å². The second kappa shape index (κ2) is 9.13. The Bertz CT molecular complexity index is 506. The Hall–Kier alpha value is -1.27. The summed E-state index contributed by atoms with van der Waals surface area (Å²) in [6.45, 7) is 5.88. The molecular weight excluding hydrogens is 356 g/mol. The van der Waals surface area contributed by atoms with Crippen molar-refractivity contribution >= 4 is 27.6 Å². The van der Waals surface area contributed by atoms with Crippen LogP contribution in [0.4, 0.5) is 5.69 Å². The smallest absolute Gasteiger partial charge is 0.191 e. The van der Waals surface area contributed by atoms with E-state index in [1.54, 1.807) is 14.2 Å². The third-order valence-electron chi connectivity index (χ3n) is 4.06. The number of benzene rings is 1. The lowest BCUT2D eigenvalue weighted by molar-refractivity contribution is 0.179. The van der Waals surface area contributed by atoms with Gasteiger partial charge in [0.1, 0.15) is 0 Å². The van der Waals surface area contributed by atoms with E-state index in [4.69, 9.17) is 4.74 Å². The molecule has 6 heteroatoms. The average Bonchev–Trinajstić information content (AvgIpc) is 3.01. The number of aliphatic imine (C=N–C) groups is 1. The van der Waals surface area contributed by atoms with Crippen LogP contribution in [-0.2, 0) is 4.74 Å². The molecule has 0 radical (unpaired) electrons. The largest absolute Gasteiger partial charge is 0.383 e. The van der Waals surface area contributed by atoms with Crippen LogP contribution in [0.25, 0.3) is 0 Å². The van der Waals surface area contributed by atoms with Gasteiger partial charge in [0.05, 0.1) is 6.61 Å². The van der Waals surface area contributed by atoms with E-state index < -0.39 is 0 Å². The van der Waals surface area contributed by atoms with Crippen molar-refractivity contribution in [2.24, 2.45) is 10.9 Å². The van der Waals surface area contributed by atoms with Gasteiger partial charge in [-0.15, -0.1) is 0 Å². The van der Waals surface area contributed by atoms with E-state index in [2.05, 4.69) is 67.6 Å². The van der Waals surface area contributed by atoms with Crippen molar-refractivity contribution in [3.8, 4) is 0 Å². The summed E-state index contributed by atoms with van der Waals surface area (Å²) in [5.74, 6) is 1.48. The van der Waals surface area contributed by atoms with Crippen LogP contribution < -0.4 is 15.5 Å². The Morgan fingerprint density at radius 2 is 2.17 bits per heavy atom. The molecule has 0 aliphatic carbocycles. The molecule has 2 N–H and O–H groups in total. The lowest BCUT2D eigenvalue weighted by Gasteiger charge is -2.20. The highest BCUT2D eigenvalue weighted by Gasteiger charge is 2.22. The van der Waals surface area contributed by atoms with Gasteiger partial charge in [-0.3, -0.25) is 4.99 Å². The van der Waals surface area contributed by atoms with Gasteiger partial charge in [-0.25, -0.2) is 0 Å². The van der Waals surface area contributed by atoms with E-state index in [1.807, 2.05) is 0 Å². The number of methoxy groups -OCH3 is 1. The Balaban J connectivity index is 1.77. The Morgan fingerprint density at radius 1 is 1.43 bits per heavy atom. The Kier molecular flexibility index (Phi) is 7.17. The number of hydrogen-bond acceptors (Lipinski definition) is 3. The van der Waals surface area contributed by atoms with Crippen molar-refractivity contribution in [3.63, 3.8) is 0 Å². The zero-order valence-corrected chi connectivity index (χ0v) is 15.8. The molecular formula is C17H27BrN4O. The maximum absolute atomic E-state index is 5.14. The van der Waals surface area contributed by atoms with E-state index in [1.165, 1.54) is 12.1 Å². The molecule has 0 bridgehead atoms. The molecule has 1 saturated heterocycles. The van der Waals surface area contributed by atoms with Crippen molar-refractivity contribution in [2.45, 2.75) is 19.4 Å². The fourth-order valence-corrected chi connectivity index (χ4v) is 3.11. The monoisotopic (exact) mass is 382 g/mol. The molecule has 23 heavy (non-hydrogen) atoms. The minimum absolute atomic E-state index is 0.244. The summed E-state index contributed by atoms with van der Waals surface area (Å²) in [7, 11) is 3.52. The number of anilines is 1. The molecule has 1 aromatic carbocycles. The minimum atomic E-state index is 0.244. The highest BCUT2D eigenvalue weighted by molar-refractivity contribution is 9.10. The van der Waals surface area contributed by atoms with Crippen LogP contribution in [0, 0.1) is 5.92 Å². The first-order valence-electron chi connectivity index (χ1n) is 8.09. The van der Waals surface area contributed by atoms with Crippen LogP contribution in [0.1, 0.15) is 13.3 Å². The van der Waals surface area contributed by atoms with E-state index in [-0.39, 0.29) is 6.04 Å². The van der Waals surface area contributed by atoms with Crippen molar-refractivity contribution < 1.29 is 4.74 Å². The van der Waals surface area contributed by atoms with Gasteiger partial charge in [-0.2, -0.15) is 0 Å². The number of hydrogen-bond donors (Lipinski definition) is 2. The van der Waals surface area contributed by atoms with E-state index in [9.17, 15) is 0 Å². The van der Waals surface area contributed by atoms with E-state index in [0.29, 0.717) is 12.5 Å². The fraction of sp³-hybridized carbons (Fsp3) is 0.588. The molecule has 0 amide bonds. The third-order valence-corrected chi connectivity index (χ3v) is 4.59. The minimum Gasteiger partial charge on any atom is -0.383 e. The molecule has 1 aliphatic heterocycles. The zero-order chi connectivity index (χ0) is 16.7. The predicted molar refractivity (Wildman–Crippen MR) is 100 cm³/mol. The molecule has 5 nitrogen and oxygen atoms in total. The van der Waals surface area contributed by atoms with Gasteiger partial charge in [0, 0.05) is 50.0 Å². The van der Waals surface area contributed by atoms with Gasteiger partial charge in [-0.1, -0.05) is 15.9 Å². The lowest BCUT2D eigenvalue weighted by atomic mass is 10.1. The molecule has 0 aromatic heterocycles. The summed E-state index contributed by atoms with van der Waals surface area (Å²) in [6.07, 6.45) is 1.20. The first kappa shape index (κ1) is 18.1. The summed E-state index contributed by atoms with van der Waals surface area (Å²) >= 11 is 3.49. The van der Waals surface area contributed by atoms with Crippen molar-refractivity contribution in [2.75, 3.05) is 45.3 Å². The number of ether oxygens (including phenoxy) is 1. The second-order valence-corrected chi connectivity index (χ2v) is 6.95. The molecule has 128 valence electrons. The van der Waals surface area contributed by atoms with Gasteiger partial charge < -0.3 is 20.3 Å². The number of nitrogens with one attached hydrogen (secondary N) is 2. The van der Waals surface area contributed by atoms with E-state index in [0.717, 1.165) is 30.1 Å². The van der Waals surface area contributed by atoms with Crippen LogP contribution in [0.5, 0.6) is 0 Å². The summed E-state index contributed by atoms with van der Waals surface area (Å²) in [6, 6.07) is 8.79. The molecule has 2 unspecified atom stereocenters. The molecule has 2 rings (SSSR count). The van der Waals surface area contributed by atoms with Gasteiger partial charge in [-0.05, 0) is 43.5 Å². The fourth-order valence-electron chi connectivity index (χ4n) is 2.85.